The average Bonchev–Trinajstić information content (AvgIpc) is 2.53. The van der Waals surface area contributed by atoms with Crippen LogP contribution in [0.5, 0.6) is 0 Å². The summed E-state index contributed by atoms with van der Waals surface area (Å²) in [6.45, 7) is -0.415. The molecule has 4 N–H and O–H groups in total. The number of aromatic nitrogens is 2. The number of benzene rings is 1. The summed E-state index contributed by atoms with van der Waals surface area (Å²) < 4.78 is 26.1. The Hall–Kier alpha value is -2.81. The molecule has 0 fully saturated rings. The molecule has 1 heterocycles. The fraction of sp³-hybridized carbons (Fsp3) is 0.267. The van der Waals surface area contributed by atoms with Gasteiger partial charge in [-0.25, -0.2) is 18.6 Å². The van der Waals surface area contributed by atoms with Crippen LogP contribution in [-0.2, 0) is 0 Å². The fourth-order valence-electron chi connectivity index (χ4n) is 1.78. The summed E-state index contributed by atoms with van der Waals surface area (Å²) >= 11 is 0. The molecule has 9 heteroatoms. The predicted molar refractivity (Wildman–Crippen MR) is 86.4 cm³/mol. The minimum atomic E-state index is -3.27. The molecule has 0 unspecified atom stereocenters. The molecule has 0 aliphatic rings. The molecule has 7 nitrogen and oxygen atoms in total. The van der Waals surface area contributed by atoms with Gasteiger partial charge in [0.2, 0.25) is 5.95 Å². The van der Waals surface area contributed by atoms with Crippen LogP contribution in [-0.4, -0.2) is 40.2 Å². The average molecular weight is 337 g/mol. The van der Waals surface area contributed by atoms with E-state index in [1.807, 2.05) is 6.07 Å². The van der Waals surface area contributed by atoms with E-state index in [2.05, 4.69) is 25.9 Å². The predicted octanol–water partition coefficient (Wildman–Crippen LogP) is 2.47. The highest BCUT2D eigenvalue weighted by Crippen LogP contribution is 2.15. The number of nitrogens with one attached hydrogen (secondary N) is 3. The molecule has 0 saturated heterocycles. The molecule has 1 aromatic heterocycles. The lowest BCUT2D eigenvalue weighted by Crippen LogP contribution is -2.31. The lowest BCUT2D eigenvalue weighted by atomic mass is 10.3. The molecule has 2 aromatic rings. The Morgan fingerprint density at radius 1 is 1.21 bits per heavy atom. The largest absolute Gasteiger partial charge is 0.390 e. The molecule has 1 aromatic carbocycles. The number of aliphatic hydroxyl groups excluding tert-OH is 1. The SMILES string of the molecule is Cc1cc(NCC(F)(F)CO)nc(NC(=O)Nc2ccccc2)n1. The molecule has 0 saturated carbocycles. The Morgan fingerprint density at radius 2 is 1.92 bits per heavy atom. The molecule has 24 heavy (non-hydrogen) atoms. The molecule has 0 spiro atoms. The van der Waals surface area contributed by atoms with Crippen molar-refractivity contribution in [3.05, 3.63) is 42.1 Å². The number of amides is 2. The van der Waals surface area contributed by atoms with Crippen molar-refractivity contribution in [1.29, 1.82) is 0 Å². The van der Waals surface area contributed by atoms with Gasteiger partial charge in [-0.1, -0.05) is 18.2 Å². The smallest absolute Gasteiger partial charge is 0.326 e. The summed E-state index contributed by atoms with van der Waals surface area (Å²) in [5.74, 6) is -3.18. The van der Waals surface area contributed by atoms with Gasteiger partial charge in [-0.2, -0.15) is 4.98 Å². The number of hydrogen-bond donors (Lipinski definition) is 4. The minimum Gasteiger partial charge on any atom is -0.390 e. The third-order valence-electron chi connectivity index (χ3n) is 2.87. The van der Waals surface area contributed by atoms with E-state index in [-0.39, 0.29) is 11.8 Å². The molecule has 2 rings (SSSR count). The first-order chi connectivity index (χ1) is 11.4. The second kappa shape index (κ2) is 7.64. The van der Waals surface area contributed by atoms with Crippen LogP contribution in [0.25, 0.3) is 0 Å². The maximum absolute atomic E-state index is 13.1. The van der Waals surface area contributed by atoms with Crippen molar-refractivity contribution in [2.75, 3.05) is 29.1 Å². The van der Waals surface area contributed by atoms with Gasteiger partial charge in [-0.3, -0.25) is 5.32 Å². The van der Waals surface area contributed by atoms with E-state index >= 15 is 0 Å². The van der Waals surface area contributed by atoms with Gasteiger partial charge in [-0.05, 0) is 19.1 Å². The van der Waals surface area contributed by atoms with Crippen LogP contribution < -0.4 is 16.0 Å². The van der Waals surface area contributed by atoms with E-state index in [0.717, 1.165) is 0 Å². The third kappa shape index (κ3) is 5.43. The second-order valence-corrected chi connectivity index (χ2v) is 5.03. The van der Waals surface area contributed by atoms with Gasteiger partial charge in [0.15, 0.2) is 0 Å². The van der Waals surface area contributed by atoms with Gasteiger partial charge < -0.3 is 15.7 Å². The number of aryl methyl sites for hydroxylation is 1. The normalized spacial score (nSPS) is 11.0. The Kier molecular flexibility index (Phi) is 5.59. The number of carbonyl (C=O) groups excluding carboxylic acids is 1. The summed E-state index contributed by atoms with van der Waals surface area (Å²) in [6.07, 6.45) is 0. The van der Waals surface area contributed by atoms with Crippen LogP contribution in [0.2, 0.25) is 0 Å². The lowest BCUT2D eigenvalue weighted by molar-refractivity contribution is -0.0373. The summed E-state index contributed by atoms with van der Waals surface area (Å²) in [5, 5.41) is 16.0. The molecule has 0 radical (unpaired) electrons. The van der Waals surface area contributed by atoms with Crippen LogP contribution in [0.15, 0.2) is 36.4 Å². The Labute approximate surface area is 137 Å². The zero-order valence-corrected chi connectivity index (χ0v) is 12.9. The molecule has 2 amide bonds. The minimum absolute atomic E-state index is 0.0294. The number of halogens is 2. The topological polar surface area (TPSA) is 99.2 Å². The maximum atomic E-state index is 13.1. The quantitative estimate of drug-likeness (QED) is 0.649. The van der Waals surface area contributed by atoms with Crippen LogP contribution in [0.1, 0.15) is 5.69 Å². The molecule has 0 bridgehead atoms. The van der Waals surface area contributed by atoms with E-state index in [1.54, 1.807) is 31.2 Å². The molecular formula is C15H17F2N5O2. The Balaban J connectivity index is 2.01. The molecular weight excluding hydrogens is 320 g/mol. The number of urea groups is 1. The summed E-state index contributed by atoms with van der Waals surface area (Å²) in [4.78, 5) is 19.9. The standard InChI is InChI=1S/C15H17F2N5O2/c1-10-7-12(18-8-15(16,17)9-23)21-13(19-10)22-14(24)20-11-5-3-2-4-6-11/h2-7,23H,8-9H2,1H3,(H3,18,19,20,21,22,24). The van der Waals surface area contributed by atoms with Crippen LogP contribution in [0.4, 0.5) is 31.0 Å². The summed E-state index contributed by atoms with van der Waals surface area (Å²) in [5.41, 5.74) is 1.07. The van der Waals surface area contributed by atoms with E-state index in [9.17, 15) is 13.6 Å². The molecule has 0 atom stereocenters. The highest BCUT2D eigenvalue weighted by Gasteiger charge is 2.27. The van der Waals surface area contributed by atoms with Crippen LogP contribution in [0.3, 0.4) is 0 Å². The van der Waals surface area contributed by atoms with Crippen LogP contribution >= 0.6 is 0 Å². The van der Waals surface area contributed by atoms with Crippen molar-refractivity contribution in [2.45, 2.75) is 12.8 Å². The summed E-state index contributed by atoms with van der Waals surface area (Å²) in [6, 6.07) is 9.66. The first-order valence-electron chi connectivity index (χ1n) is 7.09. The van der Waals surface area contributed by atoms with Gasteiger partial charge in [0.05, 0.1) is 6.54 Å². The zero-order valence-electron chi connectivity index (χ0n) is 12.9. The van der Waals surface area contributed by atoms with Crippen molar-refractivity contribution in [3.8, 4) is 0 Å². The molecule has 0 aliphatic heterocycles. The van der Waals surface area contributed by atoms with E-state index in [1.165, 1.54) is 6.07 Å². The maximum Gasteiger partial charge on any atom is 0.326 e. The van der Waals surface area contributed by atoms with Gasteiger partial charge in [0, 0.05) is 17.4 Å². The fourth-order valence-corrected chi connectivity index (χ4v) is 1.78. The van der Waals surface area contributed by atoms with Crippen molar-refractivity contribution < 1.29 is 18.7 Å². The number of para-hydroxylation sites is 1. The zero-order chi connectivity index (χ0) is 17.6. The summed E-state index contributed by atoms with van der Waals surface area (Å²) in [7, 11) is 0. The van der Waals surface area contributed by atoms with E-state index in [0.29, 0.717) is 11.4 Å². The van der Waals surface area contributed by atoms with E-state index < -0.39 is 25.1 Å². The number of hydrogen-bond acceptors (Lipinski definition) is 5. The van der Waals surface area contributed by atoms with Gasteiger partial charge in [0.25, 0.3) is 5.92 Å². The van der Waals surface area contributed by atoms with Crippen molar-refractivity contribution >= 4 is 23.5 Å². The highest BCUT2D eigenvalue weighted by molar-refractivity contribution is 5.98. The molecule has 128 valence electrons. The van der Waals surface area contributed by atoms with Gasteiger partial charge in [-0.15, -0.1) is 0 Å². The second-order valence-electron chi connectivity index (χ2n) is 5.03. The van der Waals surface area contributed by atoms with Gasteiger partial charge in [0.1, 0.15) is 12.4 Å². The number of rotatable bonds is 6. The van der Waals surface area contributed by atoms with Crippen molar-refractivity contribution in [1.82, 2.24) is 9.97 Å². The lowest BCUT2D eigenvalue weighted by Gasteiger charge is -2.15. The monoisotopic (exact) mass is 337 g/mol. The number of nitrogens with zero attached hydrogens (tertiary/aromatic N) is 2. The Morgan fingerprint density at radius 3 is 2.58 bits per heavy atom. The number of alkyl halides is 2. The third-order valence-corrected chi connectivity index (χ3v) is 2.87. The number of aliphatic hydroxyl groups is 1. The van der Waals surface area contributed by atoms with Gasteiger partial charge >= 0.3 is 6.03 Å². The number of carbonyl (C=O) groups is 1. The Bertz CT molecular complexity index is 698. The number of anilines is 3. The highest BCUT2D eigenvalue weighted by atomic mass is 19.3. The first kappa shape index (κ1) is 17.5. The van der Waals surface area contributed by atoms with Crippen LogP contribution in [0, 0.1) is 6.92 Å². The van der Waals surface area contributed by atoms with Crippen molar-refractivity contribution in [2.24, 2.45) is 0 Å². The van der Waals surface area contributed by atoms with E-state index in [4.69, 9.17) is 5.11 Å². The molecule has 0 aliphatic carbocycles. The first-order valence-corrected chi connectivity index (χ1v) is 7.09. The van der Waals surface area contributed by atoms with Crippen molar-refractivity contribution in [3.63, 3.8) is 0 Å².